The second-order valence-corrected chi connectivity index (χ2v) is 4.28. The number of rotatable bonds is 1. The van der Waals surface area contributed by atoms with Crippen LogP contribution in [-0.2, 0) is 0 Å². The van der Waals surface area contributed by atoms with Crippen molar-refractivity contribution in [2.24, 2.45) is 0 Å². The molecule has 6 nitrogen and oxygen atoms in total. The largest absolute Gasteiger partial charge is 0.278 e. The van der Waals surface area contributed by atoms with Crippen molar-refractivity contribution in [2.45, 2.75) is 13.8 Å². The van der Waals surface area contributed by atoms with E-state index in [-0.39, 0.29) is 0 Å². The highest BCUT2D eigenvalue weighted by atomic mass is 35.5. The maximum Gasteiger partial charge on any atom is 0.198 e. The van der Waals surface area contributed by atoms with Gasteiger partial charge in [0.1, 0.15) is 0 Å². The summed E-state index contributed by atoms with van der Waals surface area (Å²) in [7, 11) is 0. The van der Waals surface area contributed by atoms with Crippen LogP contribution in [0.3, 0.4) is 0 Å². The summed E-state index contributed by atoms with van der Waals surface area (Å²) >= 11 is 5.97. The molecule has 0 N–H and O–H groups in total. The molecule has 0 spiro atoms. The Balaban J connectivity index is 2.32. The van der Waals surface area contributed by atoms with E-state index in [0.717, 1.165) is 17.0 Å². The SMILES string of the molecule is Cc1cc(-c2nnc3c(Cl)nccn23)c(C)nn1. The van der Waals surface area contributed by atoms with E-state index in [0.29, 0.717) is 16.6 Å². The second-order valence-electron chi connectivity index (χ2n) is 3.92. The number of fused-ring (bicyclic) bond motifs is 1. The van der Waals surface area contributed by atoms with Crippen molar-refractivity contribution >= 4 is 17.2 Å². The average molecular weight is 261 g/mol. The smallest absolute Gasteiger partial charge is 0.198 e. The van der Waals surface area contributed by atoms with Gasteiger partial charge in [-0.25, -0.2) is 4.98 Å². The molecule has 3 aromatic rings. The van der Waals surface area contributed by atoms with Gasteiger partial charge in [-0.2, -0.15) is 10.2 Å². The molecular formula is C11H9ClN6. The molecule has 3 heterocycles. The molecule has 0 aliphatic heterocycles. The van der Waals surface area contributed by atoms with Crippen LogP contribution in [0, 0.1) is 13.8 Å². The Kier molecular flexibility index (Phi) is 2.45. The fraction of sp³-hybridized carbons (Fsp3) is 0.182. The van der Waals surface area contributed by atoms with E-state index in [1.165, 1.54) is 0 Å². The fourth-order valence-corrected chi connectivity index (χ4v) is 1.94. The van der Waals surface area contributed by atoms with Crippen LogP contribution in [0.2, 0.25) is 5.15 Å². The lowest BCUT2D eigenvalue weighted by atomic mass is 10.2. The van der Waals surface area contributed by atoms with Crippen LogP contribution in [0.5, 0.6) is 0 Å². The molecule has 90 valence electrons. The third kappa shape index (κ3) is 1.62. The minimum absolute atomic E-state index is 0.327. The highest BCUT2D eigenvalue weighted by Crippen LogP contribution is 2.22. The normalized spacial score (nSPS) is 11.1. The second kappa shape index (κ2) is 3.99. The van der Waals surface area contributed by atoms with Crippen LogP contribution in [0.25, 0.3) is 17.0 Å². The van der Waals surface area contributed by atoms with Gasteiger partial charge in [-0.15, -0.1) is 10.2 Å². The first kappa shape index (κ1) is 11.0. The Morgan fingerprint density at radius 2 is 1.94 bits per heavy atom. The first-order valence-corrected chi connectivity index (χ1v) is 5.71. The van der Waals surface area contributed by atoms with Gasteiger partial charge in [0.15, 0.2) is 16.6 Å². The van der Waals surface area contributed by atoms with E-state index in [9.17, 15) is 0 Å². The molecule has 0 saturated heterocycles. The van der Waals surface area contributed by atoms with Crippen molar-refractivity contribution in [3.8, 4) is 11.4 Å². The van der Waals surface area contributed by atoms with Gasteiger partial charge in [-0.1, -0.05) is 11.6 Å². The van der Waals surface area contributed by atoms with E-state index in [1.807, 2.05) is 19.9 Å². The highest BCUT2D eigenvalue weighted by Gasteiger charge is 2.13. The number of aromatic nitrogens is 6. The minimum Gasteiger partial charge on any atom is -0.278 e. The van der Waals surface area contributed by atoms with Gasteiger partial charge >= 0.3 is 0 Å². The van der Waals surface area contributed by atoms with Crippen molar-refractivity contribution in [2.75, 3.05) is 0 Å². The third-order valence-electron chi connectivity index (χ3n) is 2.63. The monoisotopic (exact) mass is 260 g/mol. The van der Waals surface area contributed by atoms with Gasteiger partial charge in [0.2, 0.25) is 0 Å². The standard InChI is InChI=1S/C11H9ClN6/c1-6-5-8(7(2)15-14-6)10-16-17-11-9(12)13-3-4-18(10)11/h3-5H,1-2H3. The summed E-state index contributed by atoms with van der Waals surface area (Å²) in [5.74, 6) is 0.685. The fourth-order valence-electron chi connectivity index (χ4n) is 1.76. The van der Waals surface area contributed by atoms with Gasteiger partial charge in [0, 0.05) is 18.0 Å². The van der Waals surface area contributed by atoms with Crippen molar-refractivity contribution in [3.05, 3.63) is 35.0 Å². The molecule has 0 bridgehead atoms. The first-order valence-electron chi connectivity index (χ1n) is 5.33. The van der Waals surface area contributed by atoms with Crippen molar-refractivity contribution in [1.82, 2.24) is 29.8 Å². The molecule has 0 atom stereocenters. The van der Waals surface area contributed by atoms with Gasteiger partial charge in [-0.05, 0) is 19.9 Å². The van der Waals surface area contributed by atoms with Gasteiger partial charge < -0.3 is 0 Å². The van der Waals surface area contributed by atoms with Crippen LogP contribution in [0.1, 0.15) is 11.4 Å². The number of hydrogen-bond donors (Lipinski definition) is 0. The summed E-state index contributed by atoms with van der Waals surface area (Å²) in [6.45, 7) is 3.76. The molecule has 0 saturated carbocycles. The van der Waals surface area contributed by atoms with Crippen LogP contribution in [-0.4, -0.2) is 29.8 Å². The Morgan fingerprint density at radius 1 is 1.11 bits per heavy atom. The van der Waals surface area contributed by atoms with E-state index in [2.05, 4.69) is 25.4 Å². The Labute approximate surface area is 108 Å². The number of nitrogens with zero attached hydrogens (tertiary/aromatic N) is 6. The zero-order valence-corrected chi connectivity index (χ0v) is 10.5. The van der Waals surface area contributed by atoms with Crippen LogP contribution >= 0.6 is 11.6 Å². The molecule has 3 rings (SSSR count). The summed E-state index contributed by atoms with van der Waals surface area (Å²) < 4.78 is 1.79. The number of halogens is 1. The topological polar surface area (TPSA) is 68.9 Å². The summed E-state index contributed by atoms with van der Waals surface area (Å²) in [4.78, 5) is 3.97. The van der Waals surface area contributed by atoms with Crippen molar-refractivity contribution < 1.29 is 0 Å². The predicted molar refractivity (Wildman–Crippen MR) is 66.3 cm³/mol. The maximum absolute atomic E-state index is 5.97. The molecule has 0 unspecified atom stereocenters. The van der Waals surface area contributed by atoms with Crippen molar-refractivity contribution in [3.63, 3.8) is 0 Å². The van der Waals surface area contributed by atoms with Gasteiger partial charge in [-0.3, -0.25) is 4.40 Å². The Morgan fingerprint density at radius 3 is 2.78 bits per heavy atom. The lowest BCUT2D eigenvalue weighted by Gasteiger charge is -2.03. The van der Waals surface area contributed by atoms with Crippen molar-refractivity contribution in [1.29, 1.82) is 0 Å². The predicted octanol–water partition coefficient (Wildman–Crippen LogP) is 1.85. The average Bonchev–Trinajstić information content (AvgIpc) is 2.77. The molecule has 3 aromatic heterocycles. The molecule has 0 radical (unpaired) electrons. The summed E-state index contributed by atoms with van der Waals surface area (Å²) in [6, 6.07) is 1.92. The Hall–Kier alpha value is -2.08. The van der Waals surface area contributed by atoms with E-state index >= 15 is 0 Å². The maximum atomic E-state index is 5.97. The lowest BCUT2D eigenvalue weighted by molar-refractivity contribution is 0.935. The Bertz CT molecular complexity index is 735. The van der Waals surface area contributed by atoms with Crippen LogP contribution in [0.4, 0.5) is 0 Å². The zero-order valence-electron chi connectivity index (χ0n) is 9.79. The number of aryl methyl sites for hydroxylation is 2. The van der Waals surface area contributed by atoms with E-state index < -0.39 is 0 Å². The van der Waals surface area contributed by atoms with Crippen LogP contribution in [0.15, 0.2) is 18.5 Å². The summed E-state index contributed by atoms with van der Waals surface area (Å²) in [6.07, 6.45) is 3.38. The molecule has 0 aliphatic rings. The molecule has 0 amide bonds. The van der Waals surface area contributed by atoms with Crippen LogP contribution < -0.4 is 0 Å². The van der Waals surface area contributed by atoms with E-state index in [4.69, 9.17) is 11.6 Å². The molecule has 18 heavy (non-hydrogen) atoms. The van der Waals surface area contributed by atoms with Gasteiger partial charge in [0.05, 0.1) is 11.4 Å². The summed E-state index contributed by atoms with van der Waals surface area (Å²) in [5, 5.41) is 16.6. The first-order chi connectivity index (χ1) is 8.66. The molecule has 0 aliphatic carbocycles. The van der Waals surface area contributed by atoms with E-state index in [1.54, 1.807) is 16.8 Å². The zero-order chi connectivity index (χ0) is 12.7. The minimum atomic E-state index is 0.327. The molecular weight excluding hydrogens is 252 g/mol. The molecule has 7 heteroatoms. The molecule has 0 aromatic carbocycles. The lowest BCUT2D eigenvalue weighted by Crippen LogP contribution is -1.97. The van der Waals surface area contributed by atoms with Gasteiger partial charge in [0.25, 0.3) is 0 Å². The quantitative estimate of drug-likeness (QED) is 0.668. The third-order valence-corrected chi connectivity index (χ3v) is 2.89. The molecule has 0 fully saturated rings. The highest BCUT2D eigenvalue weighted by molar-refractivity contribution is 6.32. The summed E-state index contributed by atoms with van der Waals surface area (Å²) in [5.41, 5.74) is 3.04. The number of hydrogen-bond acceptors (Lipinski definition) is 5.